The third-order valence-electron chi connectivity index (χ3n) is 1.96. The van der Waals surface area contributed by atoms with Crippen LogP contribution in [0.1, 0.15) is 5.01 Å². The predicted octanol–water partition coefficient (Wildman–Crippen LogP) is 1.72. The molecule has 0 aliphatic rings. The number of thiazole rings is 1. The average molecular weight is 223 g/mol. The number of nitrogens with zero attached hydrogens (tertiary/aromatic N) is 1. The highest BCUT2D eigenvalue weighted by Gasteiger charge is 2.10. The van der Waals surface area contributed by atoms with Crippen LogP contribution in [-0.4, -0.2) is 23.2 Å². The van der Waals surface area contributed by atoms with Crippen LogP contribution >= 0.6 is 11.3 Å². The molecule has 1 N–H and O–H groups in total. The van der Waals surface area contributed by atoms with Crippen molar-refractivity contribution in [1.29, 1.82) is 0 Å². The predicted molar refractivity (Wildman–Crippen MR) is 57.0 cm³/mol. The molecule has 0 fully saturated rings. The van der Waals surface area contributed by atoms with E-state index in [2.05, 4.69) is 9.72 Å². The van der Waals surface area contributed by atoms with Crippen LogP contribution < -0.4 is 0 Å². The summed E-state index contributed by atoms with van der Waals surface area (Å²) in [4.78, 5) is 15.2. The number of esters is 1. The first kappa shape index (κ1) is 9.92. The summed E-state index contributed by atoms with van der Waals surface area (Å²) < 4.78 is 5.25. The second-order valence-corrected chi connectivity index (χ2v) is 4.07. The first-order valence-electron chi connectivity index (χ1n) is 4.35. The number of carbonyl (C=O) groups excluding carboxylic acids is 1. The second kappa shape index (κ2) is 3.86. The molecule has 5 heteroatoms. The highest BCUT2D eigenvalue weighted by Crippen LogP contribution is 2.30. The molecule has 0 aliphatic heterocycles. The van der Waals surface area contributed by atoms with Crippen LogP contribution in [0.5, 0.6) is 5.75 Å². The van der Waals surface area contributed by atoms with Gasteiger partial charge in [-0.1, -0.05) is 6.07 Å². The zero-order chi connectivity index (χ0) is 10.8. The minimum Gasteiger partial charge on any atom is -0.506 e. The Labute approximate surface area is 90.1 Å². The van der Waals surface area contributed by atoms with E-state index in [1.165, 1.54) is 18.4 Å². The smallest absolute Gasteiger partial charge is 0.312 e. The van der Waals surface area contributed by atoms with Crippen molar-refractivity contribution >= 4 is 27.5 Å². The van der Waals surface area contributed by atoms with Gasteiger partial charge in [0.05, 0.1) is 23.7 Å². The summed E-state index contributed by atoms with van der Waals surface area (Å²) in [7, 11) is 1.34. The van der Waals surface area contributed by atoms with Gasteiger partial charge in [0, 0.05) is 0 Å². The first-order chi connectivity index (χ1) is 7.20. The molecule has 0 unspecified atom stereocenters. The van der Waals surface area contributed by atoms with Crippen LogP contribution in [-0.2, 0) is 16.0 Å². The number of benzene rings is 1. The van der Waals surface area contributed by atoms with Gasteiger partial charge in [-0.2, -0.15) is 0 Å². The fraction of sp³-hybridized carbons (Fsp3) is 0.200. The lowest BCUT2D eigenvalue weighted by molar-refractivity contribution is -0.139. The van der Waals surface area contributed by atoms with Gasteiger partial charge in [-0.25, -0.2) is 4.98 Å². The largest absolute Gasteiger partial charge is 0.506 e. The van der Waals surface area contributed by atoms with Crippen LogP contribution in [0.2, 0.25) is 0 Å². The molecule has 0 saturated heterocycles. The summed E-state index contributed by atoms with van der Waals surface area (Å²) in [6, 6.07) is 5.12. The fourth-order valence-corrected chi connectivity index (χ4v) is 2.21. The molecule has 0 aliphatic carbocycles. The monoisotopic (exact) mass is 223 g/mol. The number of aromatic hydroxyl groups is 1. The van der Waals surface area contributed by atoms with Crippen LogP contribution in [0.4, 0.5) is 0 Å². The highest BCUT2D eigenvalue weighted by molar-refractivity contribution is 7.19. The van der Waals surface area contributed by atoms with Gasteiger partial charge < -0.3 is 9.84 Å². The molecule has 0 radical (unpaired) electrons. The van der Waals surface area contributed by atoms with Gasteiger partial charge in [-0.05, 0) is 12.1 Å². The minimum absolute atomic E-state index is 0.148. The summed E-state index contributed by atoms with van der Waals surface area (Å²) in [6.07, 6.45) is 0.148. The van der Waals surface area contributed by atoms with E-state index in [-0.39, 0.29) is 18.1 Å². The third kappa shape index (κ3) is 1.92. The van der Waals surface area contributed by atoms with Crippen molar-refractivity contribution in [2.24, 2.45) is 0 Å². The van der Waals surface area contributed by atoms with Gasteiger partial charge >= 0.3 is 5.97 Å². The Kier molecular flexibility index (Phi) is 2.55. The maximum absolute atomic E-state index is 11.0. The normalized spacial score (nSPS) is 10.5. The number of phenols is 1. The average Bonchev–Trinajstić information content (AvgIpc) is 2.62. The van der Waals surface area contributed by atoms with E-state index in [0.29, 0.717) is 15.2 Å². The Morgan fingerprint density at radius 1 is 1.60 bits per heavy atom. The molecule has 2 aromatic rings. The zero-order valence-electron chi connectivity index (χ0n) is 8.06. The van der Waals surface area contributed by atoms with Gasteiger partial charge in [0.25, 0.3) is 0 Å². The minimum atomic E-state index is -0.325. The van der Waals surface area contributed by atoms with Gasteiger partial charge in [0.15, 0.2) is 0 Å². The standard InChI is InChI=1S/C10H9NO3S/c1-14-9(13)5-8-11-6-3-2-4-7(12)10(6)15-8/h2-4,12H,5H2,1H3. The number of aromatic nitrogens is 1. The van der Waals surface area contributed by atoms with Gasteiger partial charge in [-0.15, -0.1) is 11.3 Å². The molecule has 0 amide bonds. The van der Waals surface area contributed by atoms with Gasteiger partial charge in [-0.3, -0.25) is 4.79 Å². The fourth-order valence-electron chi connectivity index (χ4n) is 1.25. The van der Waals surface area contributed by atoms with Crippen molar-refractivity contribution in [3.8, 4) is 5.75 Å². The van der Waals surface area contributed by atoms with E-state index < -0.39 is 0 Å². The molecule has 0 saturated carbocycles. The van der Waals surface area contributed by atoms with Crippen LogP contribution in [0.25, 0.3) is 10.2 Å². The van der Waals surface area contributed by atoms with E-state index in [4.69, 9.17) is 0 Å². The van der Waals surface area contributed by atoms with Crippen molar-refractivity contribution in [2.75, 3.05) is 7.11 Å². The molecule has 78 valence electrons. The van der Waals surface area contributed by atoms with E-state index in [1.807, 2.05) is 0 Å². The SMILES string of the molecule is COC(=O)Cc1nc2cccc(O)c2s1. The molecule has 4 nitrogen and oxygen atoms in total. The highest BCUT2D eigenvalue weighted by atomic mass is 32.1. The van der Waals surface area contributed by atoms with Crippen molar-refractivity contribution in [1.82, 2.24) is 4.98 Å². The van der Waals surface area contributed by atoms with Crippen LogP contribution in [0.3, 0.4) is 0 Å². The summed E-state index contributed by atoms with van der Waals surface area (Å²) in [5.74, 6) is -0.130. The molecule has 0 spiro atoms. The number of rotatable bonds is 2. The van der Waals surface area contributed by atoms with Crippen molar-refractivity contribution < 1.29 is 14.6 Å². The maximum Gasteiger partial charge on any atom is 0.312 e. The lowest BCUT2D eigenvalue weighted by Gasteiger charge is -1.92. The van der Waals surface area contributed by atoms with Crippen LogP contribution in [0.15, 0.2) is 18.2 Å². The summed E-state index contributed by atoms with van der Waals surface area (Å²) >= 11 is 1.31. The molecule has 1 heterocycles. The maximum atomic E-state index is 11.0. The number of phenolic OH excluding ortho intramolecular Hbond substituents is 1. The topological polar surface area (TPSA) is 59.4 Å². The number of ether oxygens (including phenoxy) is 1. The zero-order valence-corrected chi connectivity index (χ0v) is 8.87. The Morgan fingerprint density at radius 2 is 2.40 bits per heavy atom. The number of carbonyl (C=O) groups is 1. The second-order valence-electron chi connectivity index (χ2n) is 2.99. The summed E-state index contributed by atoms with van der Waals surface area (Å²) in [6.45, 7) is 0. The van der Waals surface area contributed by atoms with E-state index >= 15 is 0 Å². The molecule has 0 atom stereocenters. The summed E-state index contributed by atoms with van der Waals surface area (Å²) in [5, 5.41) is 10.2. The molecular formula is C10H9NO3S. The Bertz CT molecular complexity index is 506. The first-order valence-corrected chi connectivity index (χ1v) is 5.16. The molecule has 2 rings (SSSR count). The molecular weight excluding hydrogens is 214 g/mol. The lowest BCUT2D eigenvalue weighted by Crippen LogP contribution is -2.03. The third-order valence-corrected chi connectivity index (χ3v) is 3.06. The van der Waals surface area contributed by atoms with E-state index in [0.717, 1.165) is 0 Å². The van der Waals surface area contributed by atoms with Crippen molar-refractivity contribution in [2.45, 2.75) is 6.42 Å². The number of hydrogen-bond acceptors (Lipinski definition) is 5. The number of methoxy groups -OCH3 is 1. The Balaban J connectivity index is 2.39. The Morgan fingerprint density at radius 3 is 3.07 bits per heavy atom. The quantitative estimate of drug-likeness (QED) is 0.787. The van der Waals surface area contributed by atoms with Crippen molar-refractivity contribution in [3.63, 3.8) is 0 Å². The molecule has 1 aromatic carbocycles. The van der Waals surface area contributed by atoms with Gasteiger partial charge in [0.1, 0.15) is 10.8 Å². The number of hydrogen-bond donors (Lipinski definition) is 1. The van der Waals surface area contributed by atoms with E-state index in [1.54, 1.807) is 18.2 Å². The number of fused-ring (bicyclic) bond motifs is 1. The molecule has 0 bridgehead atoms. The molecule has 1 aromatic heterocycles. The Hall–Kier alpha value is -1.62. The van der Waals surface area contributed by atoms with Crippen molar-refractivity contribution in [3.05, 3.63) is 23.2 Å². The lowest BCUT2D eigenvalue weighted by atomic mass is 10.3. The molecule has 15 heavy (non-hydrogen) atoms. The summed E-state index contributed by atoms with van der Waals surface area (Å²) in [5.41, 5.74) is 0.707. The van der Waals surface area contributed by atoms with Crippen LogP contribution in [0, 0.1) is 0 Å². The van der Waals surface area contributed by atoms with E-state index in [9.17, 15) is 9.90 Å². The van der Waals surface area contributed by atoms with Gasteiger partial charge in [0.2, 0.25) is 0 Å².